The van der Waals surface area contributed by atoms with E-state index in [1.807, 2.05) is 0 Å². The van der Waals surface area contributed by atoms with Crippen LogP contribution in [0.2, 0.25) is 0 Å². The third-order valence-corrected chi connectivity index (χ3v) is 5.14. The molecule has 2 bridgehead atoms. The molecule has 0 saturated carbocycles. The molecule has 0 atom stereocenters. The van der Waals surface area contributed by atoms with E-state index in [2.05, 4.69) is 0 Å². The summed E-state index contributed by atoms with van der Waals surface area (Å²) in [5, 5.41) is 0. The van der Waals surface area contributed by atoms with Crippen LogP contribution in [0.5, 0.6) is 0 Å². The van der Waals surface area contributed by atoms with Crippen LogP contribution in [0, 0.1) is 0 Å². The number of rotatable bonds is 1. The maximum atomic E-state index is 13.6. The van der Waals surface area contributed by atoms with Gasteiger partial charge in [0.05, 0.1) is 0 Å². The largest absolute Gasteiger partial charge is 0.741 e. The summed E-state index contributed by atoms with van der Waals surface area (Å²) in [6.45, 7) is 0.942. The molecule has 182 valence electrons. The summed E-state index contributed by atoms with van der Waals surface area (Å²) in [5.41, 5.74) is -11.3. The second-order valence-corrected chi connectivity index (χ2v) is 9.03. The molecule has 20 heteroatoms. The Morgan fingerprint density at radius 2 is 0.867 bits per heavy atom. The lowest BCUT2D eigenvalue weighted by Crippen LogP contribution is -2.73. The van der Waals surface area contributed by atoms with E-state index in [0.29, 0.717) is 19.6 Å². The molecule has 3 heterocycles. The minimum Gasteiger partial charge on any atom is -0.741 e. The third kappa shape index (κ3) is 9.45. The number of quaternary nitrogens is 2. The molecule has 8 nitrogen and oxygen atoms in total. The summed E-state index contributed by atoms with van der Waals surface area (Å²) < 4.78 is 168. The number of fused-ring (bicyclic) bond motifs is 3. The zero-order valence-corrected chi connectivity index (χ0v) is 16.0. The molecule has 0 aliphatic carbocycles. The average molecular weight is 512 g/mol. The number of piperazine rings is 3. The molecule has 3 rings (SSSR count). The van der Waals surface area contributed by atoms with Gasteiger partial charge in [-0.3, -0.25) is 0 Å². The molecule has 0 unspecified atom stereocenters. The summed E-state index contributed by atoms with van der Waals surface area (Å²) in [6.07, 6.45) is -4.12. The highest BCUT2D eigenvalue weighted by Gasteiger charge is 2.54. The van der Waals surface area contributed by atoms with Crippen molar-refractivity contribution in [1.29, 1.82) is 0 Å². The van der Waals surface area contributed by atoms with E-state index in [1.54, 1.807) is 0 Å². The first-order valence-electron chi connectivity index (χ1n) is 7.35. The Balaban J connectivity index is 0.000000456. The standard InChI is InChI=1S/C8H14F4N2.2CHF3O3S/c9-8(10,11)7-13-1-4-14(12,5-2-13)6-3-13;2*2-1(3,4)8(5,6)7/h1-7H2;2*(H,5,6,7)/q+2;;/p-2. The Labute approximate surface area is 163 Å². The van der Waals surface area contributed by atoms with Gasteiger partial charge >= 0.3 is 17.2 Å². The number of alkyl halides is 9. The zero-order chi connectivity index (χ0) is 24.4. The van der Waals surface area contributed by atoms with Crippen LogP contribution in [0.4, 0.5) is 44.0 Å². The summed E-state index contributed by atoms with van der Waals surface area (Å²) in [6, 6.07) is 0. The highest BCUT2D eigenvalue weighted by molar-refractivity contribution is 7.86. The first-order valence-corrected chi connectivity index (χ1v) is 10.2. The Bertz CT molecular complexity index is 723. The summed E-state index contributed by atoms with van der Waals surface area (Å²) in [7, 11) is -12.2. The van der Waals surface area contributed by atoms with Crippen LogP contribution < -0.4 is 0 Å². The van der Waals surface area contributed by atoms with Crippen LogP contribution in [-0.2, 0) is 20.2 Å². The lowest BCUT2D eigenvalue weighted by atomic mass is 10.1. The molecule has 0 N–H and O–H groups in total. The fourth-order valence-electron chi connectivity index (χ4n) is 2.46. The van der Waals surface area contributed by atoms with Gasteiger partial charge in [0, 0.05) is 0 Å². The van der Waals surface area contributed by atoms with E-state index >= 15 is 0 Å². The van der Waals surface area contributed by atoms with Crippen LogP contribution in [0.25, 0.3) is 0 Å². The van der Waals surface area contributed by atoms with Crippen molar-refractivity contribution in [2.24, 2.45) is 0 Å². The number of halogens is 10. The van der Waals surface area contributed by atoms with Crippen molar-refractivity contribution >= 4 is 20.2 Å². The Kier molecular flexibility index (Phi) is 8.60. The minimum absolute atomic E-state index is 0.0490. The molecule has 0 radical (unpaired) electrons. The second kappa shape index (κ2) is 8.88. The van der Waals surface area contributed by atoms with Gasteiger partial charge in [0.25, 0.3) is 0 Å². The van der Waals surface area contributed by atoms with Crippen molar-refractivity contribution in [2.45, 2.75) is 17.2 Å². The highest BCUT2D eigenvalue weighted by Crippen LogP contribution is 2.31. The predicted molar refractivity (Wildman–Crippen MR) is 73.3 cm³/mol. The number of nitrogens with zero attached hydrogens (tertiary/aromatic N) is 2. The van der Waals surface area contributed by atoms with Crippen molar-refractivity contribution < 1.29 is 79.1 Å². The fourth-order valence-corrected chi connectivity index (χ4v) is 2.46. The summed E-state index contributed by atoms with van der Waals surface area (Å²) in [4.78, 5) is 0. The number of hydrogen-bond acceptors (Lipinski definition) is 6. The van der Waals surface area contributed by atoms with E-state index in [1.165, 1.54) is 0 Å². The zero-order valence-electron chi connectivity index (χ0n) is 14.4. The first kappa shape index (κ1) is 29.0. The smallest absolute Gasteiger partial charge is 0.485 e. The van der Waals surface area contributed by atoms with Gasteiger partial charge in [-0.15, -0.1) is 4.71 Å². The predicted octanol–water partition coefficient (Wildman–Crippen LogP) is 1.20. The molecule has 3 aliphatic heterocycles. The normalized spacial score (nSPS) is 27.5. The molecule has 0 aromatic carbocycles. The van der Waals surface area contributed by atoms with Gasteiger partial charge in [0.15, 0.2) is 46.4 Å². The van der Waals surface area contributed by atoms with Crippen molar-refractivity contribution in [3.05, 3.63) is 0 Å². The van der Waals surface area contributed by atoms with E-state index in [-0.39, 0.29) is 24.1 Å². The van der Waals surface area contributed by atoms with E-state index in [4.69, 9.17) is 25.9 Å². The van der Waals surface area contributed by atoms with Crippen LogP contribution in [-0.4, -0.2) is 98.1 Å². The molecule has 3 fully saturated rings. The molecule has 30 heavy (non-hydrogen) atoms. The summed E-state index contributed by atoms with van der Waals surface area (Å²) >= 11 is 0. The minimum atomic E-state index is -6.09. The molecule has 0 amide bonds. The van der Waals surface area contributed by atoms with Gasteiger partial charge in [-0.1, -0.05) is 0 Å². The van der Waals surface area contributed by atoms with Crippen LogP contribution in [0.1, 0.15) is 0 Å². The third-order valence-electron chi connectivity index (χ3n) is 4.01. The van der Waals surface area contributed by atoms with E-state index < -0.39 is 48.7 Å². The van der Waals surface area contributed by atoms with Crippen LogP contribution in [0.3, 0.4) is 0 Å². The molecule has 3 aliphatic rings. The second-order valence-electron chi connectivity index (χ2n) is 6.29. The van der Waals surface area contributed by atoms with Gasteiger partial charge in [0.2, 0.25) is 0 Å². The van der Waals surface area contributed by atoms with Crippen molar-refractivity contribution in [3.8, 4) is 0 Å². The fraction of sp³-hybridized carbons (Fsp3) is 1.00. The maximum Gasteiger partial charge on any atom is 0.485 e. The Morgan fingerprint density at radius 3 is 1.03 bits per heavy atom. The molecular weight excluding hydrogens is 498 g/mol. The molecule has 0 aromatic rings. The molecule has 3 saturated heterocycles. The quantitative estimate of drug-likeness (QED) is 0.172. The SMILES string of the molecule is FC(F)(F)C[N+]12CC[N+](F)(CC1)CC2.O=S(=O)([O-])C(F)(F)F.O=S(=O)([O-])C(F)(F)F. The highest BCUT2D eigenvalue weighted by atomic mass is 32.2. The van der Waals surface area contributed by atoms with Gasteiger partial charge in [0.1, 0.15) is 19.6 Å². The number of hydrogen-bond donors (Lipinski definition) is 0. The molecular formula is C10H14F10N2O6S2. The van der Waals surface area contributed by atoms with Gasteiger partial charge in [-0.25, -0.2) is 16.8 Å². The van der Waals surface area contributed by atoms with Gasteiger partial charge < -0.3 is 13.6 Å². The summed E-state index contributed by atoms with van der Waals surface area (Å²) in [5.74, 6) is 0. The monoisotopic (exact) mass is 512 g/mol. The van der Waals surface area contributed by atoms with Crippen molar-refractivity contribution in [2.75, 3.05) is 45.8 Å². The molecule has 0 spiro atoms. The maximum absolute atomic E-state index is 13.6. The van der Waals surface area contributed by atoms with E-state index in [9.17, 15) is 44.0 Å². The Hall–Kier alpha value is -0.960. The topological polar surface area (TPSA) is 114 Å². The lowest BCUT2D eigenvalue weighted by molar-refractivity contribution is -1.15. The molecule has 0 aromatic heterocycles. The first-order chi connectivity index (χ1) is 12.8. The van der Waals surface area contributed by atoms with E-state index in [0.717, 1.165) is 0 Å². The van der Waals surface area contributed by atoms with Gasteiger partial charge in [-0.2, -0.15) is 39.5 Å². The Morgan fingerprint density at radius 1 is 0.633 bits per heavy atom. The van der Waals surface area contributed by atoms with Crippen molar-refractivity contribution in [1.82, 2.24) is 0 Å². The average Bonchev–Trinajstić information content (AvgIpc) is 2.44. The van der Waals surface area contributed by atoms with Crippen LogP contribution >= 0.6 is 0 Å². The van der Waals surface area contributed by atoms with Crippen LogP contribution in [0.15, 0.2) is 0 Å². The van der Waals surface area contributed by atoms with Gasteiger partial charge in [-0.05, 0) is 4.48 Å². The van der Waals surface area contributed by atoms with Crippen molar-refractivity contribution in [3.63, 3.8) is 0 Å². The lowest BCUT2D eigenvalue weighted by Gasteiger charge is -2.49.